The molecular weight excluding hydrogens is 200 g/mol. The number of unbranched alkanes of at least 4 members (excludes halogenated alkanes) is 1. The second-order valence-electron chi connectivity index (χ2n) is 3.86. The minimum Gasteiger partial charge on any atom is -0.508 e. The van der Waals surface area contributed by atoms with Gasteiger partial charge in [0.2, 0.25) is 0 Å². The molecule has 0 heterocycles. The van der Waals surface area contributed by atoms with Crippen LogP contribution in [0.25, 0.3) is 10.8 Å². The minimum atomic E-state index is 0.290. The van der Waals surface area contributed by atoms with Crippen molar-refractivity contribution >= 4 is 10.8 Å². The molecule has 0 saturated carbocycles. The maximum absolute atomic E-state index is 9.39. The zero-order chi connectivity index (χ0) is 11.4. The van der Waals surface area contributed by atoms with Crippen molar-refractivity contribution in [2.75, 3.05) is 6.61 Å². The van der Waals surface area contributed by atoms with Gasteiger partial charge in [-0.1, -0.05) is 25.5 Å². The van der Waals surface area contributed by atoms with Crippen LogP contribution in [0.2, 0.25) is 0 Å². The van der Waals surface area contributed by atoms with Crippen LogP contribution in [0.15, 0.2) is 36.4 Å². The minimum absolute atomic E-state index is 0.290. The van der Waals surface area contributed by atoms with Gasteiger partial charge in [-0.2, -0.15) is 0 Å². The summed E-state index contributed by atoms with van der Waals surface area (Å²) < 4.78 is 5.72. The average molecular weight is 216 g/mol. The third-order valence-electron chi connectivity index (χ3n) is 2.58. The maximum Gasteiger partial charge on any atom is 0.127 e. The van der Waals surface area contributed by atoms with Gasteiger partial charge < -0.3 is 9.84 Å². The normalized spacial score (nSPS) is 10.6. The lowest BCUT2D eigenvalue weighted by molar-refractivity contribution is 0.313. The number of hydrogen-bond acceptors (Lipinski definition) is 2. The Morgan fingerprint density at radius 3 is 2.88 bits per heavy atom. The van der Waals surface area contributed by atoms with Gasteiger partial charge in [-0.15, -0.1) is 0 Å². The summed E-state index contributed by atoms with van der Waals surface area (Å²) in [5, 5.41) is 11.5. The van der Waals surface area contributed by atoms with Crippen molar-refractivity contribution in [2.24, 2.45) is 0 Å². The monoisotopic (exact) mass is 216 g/mol. The van der Waals surface area contributed by atoms with Crippen LogP contribution in [-0.4, -0.2) is 11.7 Å². The smallest absolute Gasteiger partial charge is 0.127 e. The lowest BCUT2D eigenvalue weighted by atomic mass is 10.1. The van der Waals surface area contributed by atoms with Crippen LogP contribution in [0.1, 0.15) is 19.8 Å². The molecule has 0 aliphatic rings. The fourth-order valence-electron chi connectivity index (χ4n) is 1.69. The van der Waals surface area contributed by atoms with Gasteiger partial charge in [0.05, 0.1) is 6.61 Å². The van der Waals surface area contributed by atoms with E-state index in [1.807, 2.05) is 24.3 Å². The first kappa shape index (κ1) is 10.8. The molecule has 0 unspecified atom stereocenters. The summed E-state index contributed by atoms with van der Waals surface area (Å²) in [6.07, 6.45) is 2.19. The molecule has 0 aliphatic carbocycles. The van der Waals surface area contributed by atoms with Gasteiger partial charge in [-0.25, -0.2) is 0 Å². The lowest BCUT2D eigenvalue weighted by Gasteiger charge is -2.08. The Hall–Kier alpha value is -1.70. The average Bonchev–Trinajstić information content (AvgIpc) is 2.29. The molecule has 0 spiro atoms. The first-order chi connectivity index (χ1) is 7.81. The topological polar surface area (TPSA) is 29.5 Å². The number of hydrogen-bond donors (Lipinski definition) is 1. The van der Waals surface area contributed by atoms with E-state index in [2.05, 4.69) is 6.92 Å². The number of ether oxygens (including phenoxy) is 1. The van der Waals surface area contributed by atoms with Crippen LogP contribution in [-0.2, 0) is 0 Å². The summed E-state index contributed by atoms with van der Waals surface area (Å²) in [6, 6.07) is 11.2. The zero-order valence-electron chi connectivity index (χ0n) is 9.44. The Morgan fingerprint density at radius 1 is 1.19 bits per heavy atom. The molecule has 16 heavy (non-hydrogen) atoms. The first-order valence-electron chi connectivity index (χ1n) is 5.66. The van der Waals surface area contributed by atoms with Crippen LogP contribution >= 0.6 is 0 Å². The summed E-state index contributed by atoms with van der Waals surface area (Å²) in [4.78, 5) is 0. The molecule has 0 fully saturated rings. The summed E-state index contributed by atoms with van der Waals surface area (Å²) in [5.74, 6) is 1.18. The number of benzene rings is 2. The molecular formula is C14H16O2. The van der Waals surface area contributed by atoms with E-state index in [1.54, 1.807) is 12.1 Å². The standard InChI is InChI=1S/C14H16O2/c1-2-3-9-16-14-6-4-5-11-10-12(15)7-8-13(11)14/h4-8,10,15H,2-3,9H2,1H3. The van der Waals surface area contributed by atoms with Crippen LogP contribution < -0.4 is 4.74 Å². The zero-order valence-corrected chi connectivity index (χ0v) is 9.44. The van der Waals surface area contributed by atoms with Crippen molar-refractivity contribution in [3.63, 3.8) is 0 Å². The molecule has 2 nitrogen and oxygen atoms in total. The Kier molecular flexibility index (Phi) is 3.30. The molecule has 0 saturated heterocycles. The lowest BCUT2D eigenvalue weighted by Crippen LogP contribution is -1.96. The van der Waals surface area contributed by atoms with Crippen molar-refractivity contribution in [3.05, 3.63) is 36.4 Å². The molecule has 2 heteroatoms. The van der Waals surface area contributed by atoms with Crippen LogP contribution in [0, 0.1) is 0 Å². The van der Waals surface area contributed by atoms with Crippen molar-refractivity contribution in [3.8, 4) is 11.5 Å². The number of phenols is 1. The van der Waals surface area contributed by atoms with E-state index in [0.29, 0.717) is 5.75 Å². The van der Waals surface area contributed by atoms with Crippen LogP contribution in [0.4, 0.5) is 0 Å². The van der Waals surface area contributed by atoms with E-state index in [1.165, 1.54) is 0 Å². The molecule has 0 bridgehead atoms. The van der Waals surface area contributed by atoms with E-state index in [0.717, 1.165) is 36.0 Å². The fraction of sp³-hybridized carbons (Fsp3) is 0.286. The summed E-state index contributed by atoms with van der Waals surface area (Å²) >= 11 is 0. The molecule has 0 atom stereocenters. The number of phenolic OH excluding ortho intramolecular Hbond substituents is 1. The van der Waals surface area contributed by atoms with E-state index in [9.17, 15) is 5.11 Å². The molecule has 0 aliphatic heterocycles. The third-order valence-corrected chi connectivity index (χ3v) is 2.58. The molecule has 2 rings (SSSR count). The van der Waals surface area contributed by atoms with Gasteiger partial charge in [0.1, 0.15) is 11.5 Å². The molecule has 0 radical (unpaired) electrons. The second kappa shape index (κ2) is 4.88. The first-order valence-corrected chi connectivity index (χ1v) is 5.66. The van der Waals surface area contributed by atoms with E-state index in [4.69, 9.17) is 4.74 Å². The summed E-state index contributed by atoms with van der Waals surface area (Å²) in [7, 11) is 0. The predicted octanol–water partition coefficient (Wildman–Crippen LogP) is 3.72. The predicted molar refractivity (Wildman–Crippen MR) is 66.0 cm³/mol. The number of rotatable bonds is 4. The van der Waals surface area contributed by atoms with E-state index < -0.39 is 0 Å². The molecule has 0 amide bonds. The molecule has 1 N–H and O–H groups in total. The highest BCUT2D eigenvalue weighted by Gasteiger charge is 2.02. The van der Waals surface area contributed by atoms with Gasteiger partial charge >= 0.3 is 0 Å². The van der Waals surface area contributed by atoms with Crippen molar-refractivity contribution in [2.45, 2.75) is 19.8 Å². The molecule has 0 aromatic heterocycles. The Balaban J connectivity index is 2.30. The van der Waals surface area contributed by atoms with E-state index in [-0.39, 0.29) is 0 Å². The highest BCUT2D eigenvalue weighted by molar-refractivity contribution is 5.89. The SMILES string of the molecule is CCCCOc1cccc2cc(O)ccc12. The van der Waals surface area contributed by atoms with Gasteiger partial charge in [0, 0.05) is 5.39 Å². The van der Waals surface area contributed by atoms with Gasteiger partial charge in [0.15, 0.2) is 0 Å². The van der Waals surface area contributed by atoms with Gasteiger partial charge in [-0.05, 0) is 36.1 Å². The van der Waals surface area contributed by atoms with Gasteiger partial charge in [-0.3, -0.25) is 0 Å². The highest BCUT2D eigenvalue weighted by Crippen LogP contribution is 2.28. The number of fused-ring (bicyclic) bond motifs is 1. The highest BCUT2D eigenvalue weighted by atomic mass is 16.5. The molecule has 2 aromatic carbocycles. The summed E-state index contributed by atoms with van der Waals surface area (Å²) in [6.45, 7) is 2.89. The fourth-order valence-corrected chi connectivity index (χ4v) is 1.69. The second-order valence-corrected chi connectivity index (χ2v) is 3.86. The van der Waals surface area contributed by atoms with Crippen molar-refractivity contribution in [1.29, 1.82) is 0 Å². The Bertz CT molecular complexity index is 477. The Morgan fingerprint density at radius 2 is 2.06 bits per heavy atom. The number of aromatic hydroxyl groups is 1. The van der Waals surface area contributed by atoms with E-state index >= 15 is 0 Å². The summed E-state index contributed by atoms with van der Waals surface area (Å²) in [5.41, 5.74) is 0. The Labute approximate surface area is 95.5 Å². The van der Waals surface area contributed by atoms with Crippen molar-refractivity contribution < 1.29 is 9.84 Å². The molecule has 2 aromatic rings. The third kappa shape index (κ3) is 2.27. The van der Waals surface area contributed by atoms with Crippen LogP contribution in [0.5, 0.6) is 11.5 Å². The molecule has 84 valence electrons. The quantitative estimate of drug-likeness (QED) is 0.789. The largest absolute Gasteiger partial charge is 0.508 e. The van der Waals surface area contributed by atoms with Crippen LogP contribution in [0.3, 0.4) is 0 Å². The van der Waals surface area contributed by atoms with Crippen molar-refractivity contribution in [1.82, 2.24) is 0 Å². The maximum atomic E-state index is 9.39. The van der Waals surface area contributed by atoms with Gasteiger partial charge in [0.25, 0.3) is 0 Å².